The molecule has 0 amide bonds. The van der Waals surface area contributed by atoms with Crippen molar-refractivity contribution in [2.75, 3.05) is 39.6 Å². The van der Waals surface area contributed by atoms with Gasteiger partial charge < -0.3 is 33.8 Å². The van der Waals surface area contributed by atoms with E-state index in [0.717, 1.165) is 95.8 Å². The average molecular weight is 1310 g/mol. The highest BCUT2D eigenvalue weighted by Gasteiger charge is 2.30. The van der Waals surface area contributed by atoms with Crippen molar-refractivity contribution in [3.63, 3.8) is 0 Å². The van der Waals surface area contributed by atoms with Crippen LogP contribution in [0.3, 0.4) is 0 Å². The Bertz CT molecular complexity index is 1720. The van der Waals surface area contributed by atoms with Crippen molar-refractivity contribution in [1.82, 2.24) is 0 Å². The molecule has 0 fully saturated rings. The first-order valence-corrected chi connectivity index (χ1v) is 39.7. The topological polar surface area (TPSA) is 237 Å². The van der Waals surface area contributed by atoms with Crippen molar-refractivity contribution < 1.29 is 80.2 Å². The van der Waals surface area contributed by atoms with Gasteiger partial charge in [0.15, 0.2) is 12.2 Å². The number of carbonyl (C=O) groups is 4. The van der Waals surface area contributed by atoms with Crippen molar-refractivity contribution in [2.45, 2.75) is 380 Å². The molecule has 0 aliphatic heterocycles. The summed E-state index contributed by atoms with van der Waals surface area (Å²) in [4.78, 5) is 72.5. The number of hydrogen-bond donors (Lipinski definition) is 3. The van der Waals surface area contributed by atoms with Crippen LogP contribution in [0.25, 0.3) is 0 Å². The van der Waals surface area contributed by atoms with Crippen LogP contribution < -0.4 is 0 Å². The molecule has 89 heavy (non-hydrogen) atoms. The molecule has 3 unspecified atom stereocenters. The zero-order chi connectivity index (χ0) is 65.6. The number of phosphoric ester groups is 2. The third-order valence-electron chi connectivity index (χ3n) is 16.6. The summed E-state index contributed by atoms with van der Waals surface area (Å²) in [6.07, 6.45) is 49.7. The summed E-state index contributed by atoms with van der Waals surface area (Å²) >= 11 is 0. The molecule has 0 saturated carbocycles. The quantitative estimate of drug-likeness (QED) is 0.0222. The zero-order valence-electron chi connectivity index (χ0n) is 57.6. The Balaban J connectivity index is 5.25. The second-order valence-corrected chi connectivity index (χ2v) is 28.4. The Kier molecular flexibility index (Phi) is 62.1. The molecule has 3 N–H and O–H groups in total. The van der Waals surface area contributed by atoms with Gasteiger partial charge in [-0.1, -0.05) is 311 Å². The van der Waals surface area contributed by atoms with E-state index in [2.05, 4.69) is 34.6 Å². The van der Waals surface area contributed by atoms with Crippen LogP contribution >= 0.6 is 15.6 Å². The number of phosphoric acid groups is 2. The van der Waals surface area contributed by atoms with Crippen molar-refractivity contribution in [1.29, 1.82) is 0 Å². The van der Waals surface area contributed by atoms with E-state index in [0.29, 0.717) is 25.7 Å². The molecule has 0 aromatic heterocycles. The van der Waals surface area contributed by atoms with Gasteiger partial charge in [-0.25, -0.2) is 9.13 Å². The maximum Gasteiger partial charge on any atom is 0.472 e. The van der Waals surface area contributed by atoms with Crippen LogP contribution in [-0.2, 0) is 65.4 Å². The summed E-state index contributed by atoms with van der Waals surface area (Å²) in [5.74, 6) is -1.32. The highest BCUT2D eigenvalue weighted by molar-refractivity contribution is 7.47. The minimum atomic E-state index is -4.95. The Morgan fingerprint density at radius 1 is 0.315 bits per heavy atom. The van der Waals surface area contributed by atoms with Gasteiger partial charge in [-0.3, -0.25) is 37.3 Å². The highest BCUT2D eigenvalue weighted by atomic mass is 31.2. The Labute approximate surface area is 543 Å². The Morgan fingerprint density at radius 2 is 0.539 bits per heavy atom. The van der Waals surface area contributed by atoms with E-state index in [-0.39, 0.29) is 25.7 Å². The fourth-order valence-corrected chi connectivity index (χ4v) is 12.2. The fourth-order valence-electron chi connectivity index (χ4n) is 10.6. The Hall–Kier alpha value is -1.94. The van der Waals surface area contributed by atoms with Crippen LogP contribution in [0.4, 0.5) is 0 Å². The number of aliphatic hydroxyl groups is 1. The van der Waals surface area contributed by atoms with Gasteiger partial charge in [0.25, 0.3) is 0 Å². The lowest BCUT2D eigenvalue weighted by molar-refractivity contribution is -0.161. The number of hydrogen-bond acceptors (Lipinski definition) is 15. The van der Waals surface area contributed by atoms with E-state index in [4.69, 9.17) is 37.0 Å². The number of rotatable bonds is 70. The van der Waals surface area contributed by atoms with Crippen LogP contribution in [-0.4, -0.2) is 96.7 Å². The zero-order valence-corrected chi connectivity index (χ0v) is 59.4. The predicted octanol–water partition coefficient (Wildman–Crippen LogP) is 20.1. The van der Waals surface area contributed by atoms with E-state index in [1.165, 1.54) is 186 Å². The van der Waals surface area contributed by atoms with Gasteiger partial charge in [-0.2, -0.15) is 0 Å². The summed E-state index contributed by atoms with van der Waals surface area (Å²) in [5, 5.41) is 10.6. The van der Waals surface area contributed by atoms with Crippen LogP contribution in [0.1, 0.15) is 362 Å². The summed E-state index contributed by atoms with van der Waals surface area (Å²) in [6, 6.07) is 0. The first-order valence-electron chi connectivity index (χ1n) is 36.7. The van der Waals surface area contributed by atoms with E-state index in [1.54, 1.807) is 0 Å². The number of ether oxygens (including phenoxy) is 4. The van der Waals surface area contributed by atoms with Crippen molar-refractivity contribution >= 4 is 39.5 Å². The maximum atomic E-state index is 13.0. The van der Waals surface area contributed by atoms with Gasteiger partial charge in [0.05, 0.1) is 26.4 Å². The van der Waals surface area contributed by atoms with Gasteiger partial charge in [-0.15, -0.1) is 0 Å². The van der Waals surface area contributed by atoms with Gasteiger partial charge in [0.1, 0.15) is 19.3 Å². The molecule has 0 saturated heterocycles. The van der Waals surface area contributed by atoms with E-state index < -0.39 is 97.5 Å². The summed E-state index contributed by atoms with van der Waals surface area (Å²) < 4.78 is 68.3. The molecule has 0 spiro atoms. The molecule has 6 atom stereocenters. The maximum absolute atomic E-state index is 13.0. The molecule has 0 rings (SSSR count). The molecule has 0 aliphatic carbocycles. The second-order valence-electron chi connectivity index (χ2n) is 25.5. The normalized spacial score (nSPS) is 14.4. The first kappa shape index (κ1) is 87.1. The number of carbonyl (C=O) groups excluding carboxylic acids is 4. The van der Waals surface area contributed by atoms with Crippen LogP contribution in [0.5, 0.6) is 0 Å². The molecular formula is C70H136O17P2. The second kappa shape index (κ2) is 63.5. The standard InChI is InChI=1S/C70H136O17P2/c1-6-10-13-16-19-22-25-27-29-34-39-44-49-54-68(73)81-60-66(87-70(75)56-51-46-41-36-31-30-32-37-42-47-52-63(5)9-4)62-85-89(78,79)83-58-64(71)57-82-88(76,77)84-61-65(59-80-67(72)53-48-43-38-33-24-21-18-15-12-8-3)86-69(74)55-50-45-40-35-28-26-23-20-17-14-11-7-2/h63-66,71H,6-62H2,1-5H3,(H,76,77)(H,78,79)/t63?,64-,65+,66+/m0/s1. The molecule has 17 nitrogen and oxygen atoms in total. The minimum Gasteiger partial charge on any atom is -0.462 e. The van der Waals surface area contributed by atoms with Gasteiger partial charge in [-0.05, 0) is 31.6 Å². The lowest BCUT2D eigenvalue weighted by Gasteiger charge is -2.21. The lowest BCUT2D eigenvalue weighted by atomic mass is 9.99. The largest absolute Gasteiger partial charge is 0.472 e. The summed E-state index contributed by atoms with van der Waals surface area (Å²) in [6.45, 7) is 7.27. The van der Waals surface area contributed by atoms with Crippen LogP contribution in [0, 0.1) is 5.92 Å². The third kappa shape index (κ3) is 63.2. The van der Waals surface area contributed by atoms with Gasteiger partial charge in [0, 0.05) is 25.7 Å². The van der Waals surface area contributed by atoms with Crippen molar-refractivity contribution in [2.24, 2.45) is 5.92 Å². The SMILES string of the molecule is CCCCCCCCCCCCCCCC(=O)OC[C@H](COP(=O)(O)OC[C@@H](O)COP(=O)(O)OC[C@@H](COC(=O)CCCCCCCCCCCC)OC(=O)CCCCCCCCCCCCCC)OC(=O)CCCCCCCCCCCCC(C)CC. The molecule has 0 heterocycles. The molecular weight excluding hydrogens is 1170 g/mol. The van der Waals surface area contributed by atoms with E-state index >= 15 is 0 Å². The predicted molar refractivity (Wildman–Crippen MR) is 358 cm³/mol. The van der Waals surface area contributed by atoms with Gasteiger partial charge >= 0.3 is 39.5 Å². The smallest absolute Gasteiger partial charge is 0.462 e. The van der Waals surface area contributed by atoms with Crippen LogP contribution in [0.2, 0.25) is 0 Å². The van der Waals surface area contributed by atoms with Crippen LogP contribution in [0.15, 0.2) is 0 Å². The first-order chi connectivity index (χ1) is 43.1. The molecule has 0 aromatic carbocycles. The molecule has 528 valence electrons. The minimum absolute atomic E-state index is 0.107. The molecule has 0 aromatic rings. The average Bonchev–Trinajstić information content (AvgIpc) is 3.71. The number of aliphatic hydroxyl groups excluding tert-OH is 1. The third-order valence-corrected chi connectivity index (χ3v) is 18.5. The Morgan fingerprint density at radius 3 is 0.798 bits per heavy atom. The molecule has 0 radical (unpaired) electrons. The van der Waals surface area contributed by atoms with Crippen molar-refractivity contribution in [3.8, 4) is 0 Å². The molecule has 0 bridgehead atoms. The van der Waals surface area contributed by atoms with E-state index in [9.17, 15) is 43.2 Å². The summed E-state index contributed by atoms with van der Waals surface area (Å²) in [5.41, 5.74) is 0. The fraction of sp³-hybridized carbons (Fsp3) is 0.943. The molecule has 19 heteroatoms. The highest BCUT2D eigenvalue weighted by Crippen LogP contribution is 2.45. The number of unbranched alkanes of at least 4 members (excludes halogenated alkanes) is 41. The number of esters is 4. The van der Waals surface area contributed by atoms with Gasteiger partial charge in [0.2, 0.25) is 0 Å². The molecule has 0 aliphatic rings. The summed E-state index contributed by atoms with van der Waals surface area (Å²) in [7, 11) is -9.90. The van der Waals surface area contributed by atoms with Crippen molar-refractivity contribution in [3.05, 3.63) is 0 Å². The van der Waals surface area contributed by atoms with E-state index in [1.807, 2.05) is 0 Å². The lowest BCUT2D eigenvalue weighted by Crippen LogP contribution is -2.30. The monoisotopic (exact) mass is 1310 g/mol.